The van der Waals surface area contributed by atoms with Gasteiger partial charge in [-0.15, -0.1) is 11.8 Å². The molecule has 0 spiro atoms. The number of thioether (sulfide) groups is 1. The van der Waals surface area contributed by atoms with Gasteiger partial charge in [-0.05, 0) is 35.4 Å². The zero-order chi connectivity index (χ0) is 26.2. The van der Waals surface area contributed by atoms with Crippen molar-refractivity contribution in [3.8, 4) is 0 Å². The van der Waals surface area contributed by atoms with E-state index < -0.39 is 12.3 Å². The smallest absolute Gasteiger partial charge is 0.303 e. The Morgan fingerprint density at radius 2 is 1.70 bits per heavy atom. The molecule has 1 amide bonds. The van der Waals surface area contributed by atoms with Gasteiger partial charge in [-0.25, -0.2) is 4.98 Å². The lowest BCUT2D eigenvalue weighted by Crippen LogP contribution is -2.38. The summed E-state index contributed by atoms with van der Waals surface area (Å²) >= 11 is 1.63. The molecule has 2 aromatic carbocycles. The van der Waals surface area contributed by atoms with Gasteiger partial charge in [-0.3, -0.25) is 9.59 Å². The zero-order valence-electron chi connectivity index (χ0n) is 20.4. The molecule has 3 N–H and O–H groups in total. The van der Waals surface area contributed by atoms with E-state index in [4.69, 9.17) is 14.6 Å². The Morgan fingerprint density at radius 1 is 0.973 bits per heavy atom. The molecular formula is C28H30N2O6S. The lowest BCUT2D eigenvalue weighted by Gasteiger charge is -2.41. The molecule has 37 heavy (non-hydrogen) atoms. The van der Waals surface area contributed by atoms with Gasteiger partial charge >= 0.3 is 5.97 Å². The number of carboxylic acids is 1. The summed E-state index contributed by atoms with van der Waals surface area (Å²) in [7, 11) is 0. The van der Waals surface area contributed by atoms with E-state index in [0.29, 0.717) is 11.4 Å². The minimum absolute atomic E-state index is 0.0182. The fourth-order valence-electron chi connectivity index (χ4n) is 4.08. The number of aliphatic hydroxyl groups is 1. The van der Waals surface area contributed by atoms with Crippen molar-refractivity contribution in [1.82, 2.24) is 4.98 Å². The molecule has 0 radical (unpaired) electrons. The molecule has 4 rings (SSSR count). The van der Waals surface area contributed by atoms with Gasteiger partial charge in [-0.2, -0.15) is 0 Å². The van der Waals surface area contributed by atoms with Crippen molar-refractivity contribution in [1.29, 1.82) is 0 Å². The zero-order valence-corrected chi connectivity index (χ0v) is 21.3. The van der Waals surface area contributed by atoms with E-state index in [1.165, 1.54) is 0 Å². The highest BCUT2D eigenvalue weighted by atomic mass is 32.2. The van der Waals surface area contributed by atoms with Crippen LogP contribution in [0.1, 0.15) is 48.8 Å². The summed E-state index contributed by atoms with van der Waals surface area (Å²) in [5, 5.41) is 21.8. The van der Waals surface area contributed by atoms with Gasteiger partial charge in [0, 0.05) is 35.5 Å². The Balaban J connectivity index is 1.50. The molecule has 3 aromatic rings. The Bertz CT molecular complexity index is 1170. The van der Waals surface area contributed by atoms with Crippen LogP contribution in [0.4, 0.5) is 5.69 Å². The number of carboxylic acid groups (broad SMARTS) is 1. The summed E-state index contributed by atoms with van der Waals surface area (Å²) in [5.41, 5.74) is 3.22. The molecule has 0 saturated carbocycles. The lowest BCUT2D eigenvalue weighted by atomic mass is 9.91. The maximum absolute atomic E-state index is 12.0. The van der Waals surface area contributed by atoms with Gasteiger partial charge < -0.3 is 25.0 Å². The van der Waals surface area contributed by atoms with Crippen LogP contribution in [0.25, 0.3) is 0 Å². The molecule has 9 heteroatoms. The molecule has 4 unspecified atom stereocenters. The van der Waals surface area contributed by atoms with Crippen LogP contribution in [0, 0.1) is 5.92 Å². The van der Waals surface area contributed by atoms with Gasteiger partial charge in [-0.1, -0.05) is 49.4 Å². The largest absolute Gasteiger partial charge is 0.481 e. The van der Waals surface area contributed by atoms with Crippen LogP contribution in [0.3, 0.4) is 0 Å². The third-order valence-corrected chi connectivity index (χ3v) is 7.22. The second-order valence-electron chi connectivity index (χ2n) is 8.86. The predicted octanol–water partition coefficient (Wildman–Crippen LogP) is 4.96. The van der Waals surface area contributed by atoms with E-state index in [1.54, 1.807) is 30.1 Å². The van der Waals surface area contributed by atoms with Crippen LogP contribution in [-0.2, 0) is 25.7 Å². The minimum Gasteiger partial charge on any atom is -0.481 e. The first-order valence-electron chi connectivity index (χ1n) is 12.1. The molecule has 194 valence electrons. The van der Waals surface area contributed by atoms with Crippen LogP contribution in [0.2, 0.25) is 0 Å². The van der Waals surface area contributed by atoms with Gasteiger partial charge in [0.1, 0.15) is 0 Å². The number of pyridine rings is 1. The van der Waals surface area contributed by atoms with E-state index in [-0.39, 0.29) is 43.5 Å². The fraction of sp³-hybridized carbons (Fsp3) is 0.321. The highest BCUT2D eigenvalue weighted by molar-refractivity contribution is 7.99. The number of aromatic nitrogens is 1. The van der Waals surface area contributed by atoms with E-state index >= 15 is 0 Å². The average Bonchev–Trinajstić information content (AvgIpc) is 2.92. The molecule has 1 saturated heterocycles. The normalized spacial score (nSPS) is 21.4. The number of aliphatic carboxylic acids is 1. The summed E-state index contributed by atoms with van der Waals surface area (Å²) < 4.78 is 12.9. The number of benzene rings is 2. The van der Waals surface area contributed by atoms with Crippen LogP contribution in [0.15, 0.2) is 78.0 Å². The molecule has 0 aliphatic carbocycles. The molecule has 2 heterocycles. The first-order valence-corrected chi connectivity index (χ1v) is 13.1. The molecule has 1 aliphatic rings. The third-order valence-electron chi connectivity index (χ3n) is 6.19. The van der Waals surface area contributed by atoms with E-state index in [1.807, 2.05) is 54.6 Å². The summed E-state index contributed by atoms with van der Waals surface area (Å²) in [6.45, 7) is 2.09. The van der Waals surface area contributed by atoms with Crippen molar-refractivity contribution in [3.05, 3.63) is 89.6 Å². The van der Waals surface area contributed by atoms with Crippen molar-refractivity contribution in [2.75, 3.05) is 11.1 Å². The average molecular weight is 523 g/mol. The molecular weight excluding hydrogens is 492 g/mol. The Labute approximate surface area is 220 Å². The maximum Gasteiger partial charge on any atom is 0.303 e. The quantitative estimate of drug-likeness (QED) is 0.320. The number of aliphatic hydroxyl groups excluding tert-OH is 1. The third kappa shape index (κ3) is 7.39. The SMILES string of the molecule is CC1C(CSc2ccccn2)OC(c2ccc(NC(=O)CCC(=O)O)cc2)OC1c1ccc(CO)cc1. The number of anilines is 1. The number of amides is 1. The van der Waals surface area contributed by atoms with E-state index in [0.717, 1.165) is 21.7 Å². The van der Waals surface area contributed by atoms with Gasteiger partial charge in [0.2, 0.25) is 5.91 Å². The fourth-order valence-corrected chi connectivity index (χ4v) is 5.10. The number of hydrogen-bond acceptors (Lipinski definition) is 7. The molecule has 8 nitrogen and oxygen atoms in total. The number of nitrogens with zero attached hydrogens (tertiary/aromatic N) is 1. The van der Waals surface area contributed by atoms with Gasteiger partial charge in [0.15, 0.2) is 6.29 Å². The second kappa shape index (κ2) is 12.8. The number of nitrogens with one attached hydrogen (secondary N) is 1. The van der Waals surface area contributed by atoms with Crippen molar-refractivity contribution >= 4 is 29.3 Å². The minimum atomic E-state index is -1.01. The second-order valence-corrected chi connectivity index (χ2v) is 9.91. The molecule has 4 atom stereocenters. The van der Waals surface area contributed by atoms with Crippen molar-refractivity contribution in [3.63, 3.8) is 0 Å². The summed E-state index contributed by atoms with van der Waals surface area (Å²) in [6.07, 6.45) is 0.498. The molecule has 1 aliphatic heterocycles. The van der Waals surface area contributed by atoms with Crippen molar-refractivity contribution < 1.29 is 29.3 Å². The standard InChI is InChI=1S/C28H30N2O6S/c1-18-23(17-37-25-4-2-3-15-29-25)35-28(36-27(18)20-7-5-19(16-31)6-8-20)21-9-11-22(12-10-21)30-24(32)13-14-26(33)34/h2-12,15,18,23,27-28,31H,13-14,16-17H2,1H3,(H,30,32)(H,33,34). The van der Waals surface area contributed by atoms with Crippen LogP contribution in [-0.4, -0.2) is 38.9 Å². The van der Waals surface area contributed by atoms with Crippen LogP contribution >= 0.6 is 11.8 Å². The molecule has 1 fully saturated rings. The van der Waals surface area contributed by atoms with Crippen molar-refractivity contribution in [2.24, 2.45) is 5.92 Å². The topological polar surface area (TPSA) is 118 Å². The Hall–Kier alpha value is -3.24. The van der Waals surface area contributed by atoms with Gasteiger partial charge in [0.05, 0.1) is 30.3 Å². The number of carbonyl (C=O) groups excluding carboxylic acids is 1. The van der Waals surface area contributed by atoms with Crippen LogP contribution in [0.5, 0.6) is 0 Å². The summed E-state index contributed by atoms with van der Waals surface area (Å²) in [4.78, 5) is 27.1. The predicted molar refractivity (Wildman–Crippen MR) is 140 cm³/mol. The number of ether oxygens (including phenoxy) is 2. The number of carbonyl (C=O) groups is 2. The first-order chi connectivity index (χ1) is 17.9. The number of rotatable bonds is 10. The van der Waals surface area contributed by atoms with E-state index in [9.17, 15) is 14.7 Å². The summed E-state index contributed by atoms with van der Waals surface area (Å²) in [5.74, 6) is -0.615. The molecule has 1 aromatic heterocycles. The maximum atomic E-state index is 12.0. The summed E-state index contributed by atoms with van der Waals surface area (Å²) in [6, 6.07) is 20.7. The lowest BCUT2D eigenvalue weighted by molar-refractivity contribution is -0.268. The van der Waals surface area contributed by atoms with Gasteiger partial charge in [0.25, 0.3) is 0 Å². The highest BCUT2D eigenvalue weighted by Gasteiger charge is 2.38. The first kappa shape index (κ1) is 26.8. The van der Waals surface area contributed by atoms with E-state index in [2.05, 4.69) is 17.2 Å². The highest BCUT2D eigenvalue weighted by Crippen LogP contribution is 2.43. The van der Waals surface area contributed by atoms with Crippen molar-refractivity contribution in [2.45, 2.75) is 49.9 Å². The number of hydrogen-bond donors (Lipinski definition) is 3. The van der Waals surface area contributed by atoms with Crippen LogP contribution < -0.4 is 5.32 Å². The Morgan fingerprint density at radius 3 is 2.35 bits per heavy atom. The Kier molecular flexibility index (Phi) is 9.29. The molecule has 0 bridgehead atoms. The monoisotopic (exact) mass is 522 g/mol.